The summed E-state index contributed by atoms with van der Waals surface area (Å²) in [5.74, 6) is -1.93. The first-order valence-electron chi connectivity index (χ1n) is 6.67. The lowest BCUT2D eigenvalue weighted by Crippen LogP contribution is -2.13. The van der Waals surface area contributed by atoms with Crippen molar-refractivity contribution in [2.45, 2.75) is 0 Å². The predicted molar refractivity (Wildman–Crippen MR) is 85.0 cm³/mol. The van der Waals surface area contributed by atoms with Gasteiger partial charge in [0.2, 0.25) is 0 Å². The van der Waals surface area contributed by atoms with E-state index in [0.29, 0.717) is 11.3 Å². The number of carbonyl (C=O) groups is 2. The number of nitrogens with two attached hydrogens (primary N) is 1. The SMILES string of the molecule is Nc1ccc(C(=O)Nc2ccc(OCC(=O)O)c([N+](=O)[O-])c2)cc1. The van der Waals surface area contributed by atoms with E-state index < -0.39 is 29.1 Å². The molecular formula is C15H13N3O6. The number of nitrogens with zero attached hydrogens (tertiary/aromatic N) is 1. The highest BCUT2D eigenvalue weighted by Gasteiger charge is 2.18. The average molecular weight is 331 g/mol. The molecule has 0 unspecified atom stereocenters. The van der Waals surface area contributed by atoms with Crippen molar-refractivity contribution in [1.82, 2.24) is 0 Å². The maximum absolute atomic E-state index is 12.1. The van der Waals surface area contributed by atoms with Crippen LogP contribution >= 0.6 is 0 Å². The van der Waals surface area contributed by atoms with Crippen molar-refractivity contribution in [3.05, 3.63) is 58.1 Å². The lowest BCUT2D eigenvalue weighted by molar-refractivity contribution is -0.385. The van der Waals surface area contributed by atoms with Crippen LogP contribution < -0.4 is 15.8 Å². The minimum absolute atomic E-state index is 0.172. The second-order valence-corrected chi connectivity index (χ2v) is 4.70. The number of carbonyl (C=O) groups excluding carboxylic acids is 1. The van der Waals surface area contributed by atoms with Crippen molar-refractivity contribution in [2.24, 2.45) is 0 Å². The van der Waals surface area contributed by atoms with Crippen LogP contribution in [0.3, 0.4) is 0 Å². The predicted octanol–water partition coefficient (Wildman–Crippen LogP) is 1.89. The summed E-state index contributed by atoms with van der Waals surface area (Å²) in [4.78, 5) is 32.9. The number of ether oxygens (including phenoxy) is 1. The zero-order valence-electron chi connectivity index (χ0n) is 12.3. The number of benzene rings is 2. The largest absolute Gasteiger partial charge is 0.479 e. The zero-order valence-corrected chi connectivity index (χ0v) is 12.3. The molecular weight excluding hydrogens is 318 g/mol. The van der Waals surface area contributed by atoms with E-state index in [-0.39, 0.29) is 11.4 Å². The molecule has 0 radical (unpaired) electrons. The molecule has 1 amide bonds. The number of nitro benzene ring substituents is 1. The smallest absolute Gasteiger partial charge is 0.341 e. The summed E-state index contributed by atoms with van der Waals surface area (Å²) >= 11 is 0. The highest BCUT2D eigenvalue weighted by molar-refractivity contribution is 6.04. The molecule has 0 aliphatic carbocycles. The first-order valence-corrected chi connectivity index (χ1v) is 6.67. The Morgan fingerprint density at radius 1 is 1.21 bits per heavy atom. The molecule has 0 aliphatic rings. The highest BCUT2D eigenvalue weighted by Crippen LogP contribution is 2.30. The van der Waals surface area contributed by atoms with Crippen molar-refractivity contribution >= 4 is 28.9 Å². The van der Waals surface area contributed by atoms with Gasteiger partial charge in [-0.15, -0.1) is 0 Å². The first kappa shape index (κ1) is 16.7. The molecule has 0 fully saturated rings. The number of rotatable bonds is 6. The molecule has 0 heterocycles. The molecule has 124 valence electrons. The number of hydrogen-bond acceptors (Lipinski definition) is 6. The van der Waals surface area contributed by atoms with Gasteiger partial charge in [-0.05, 0) is 36.4 Å². The van der Waals surface area contributed by atoms with Crippen molar-refractivity contribution in [3.8, 4) is 5.75 Å². The summed E-state index contributed by atoms with van der Waals surface area (Å²) < 4.78 is 4.85. The zero-order chi connectivity index (χ0) is 17.7. The van der Waals surface area contributed by atoms with Crippen LogP contribution in [0.4, 0.5) is 17.1 Å². The van der Waals surface area contributed by atoms with Gasteiger partial charge in [-0.1, -0.05) is 0 Å². The van der Waals surface area contributed by atoms with Crippen molar-refractivity contribution < 1.29 is 24.4 Å². The normalized spacial score (nSPS) is 10.0. The topological polar surface area (TPSA) is 145 Å². The fraction of sp³-hybridized carbons (Fsp3) is 0.0667. The summed E-state index contributed by atoms with van der Waals surface area (Å²) in [5.41, 5.74) is 6.09. The lowest BCUT2D eigenvalue weighted by atomic mass is 10.2. The second-order valence-electron chi connectivity index (χ2n) is 4.70. The maximum atomic E-state index is 12.1. The summed E-state index contributed by atoms with van der Waals surface area (Å²) in [7, 11) is 0. The van der Waals surface area contributed by atoms with Gasteiger partial charge in [0.1, 0.15) is 0 Å². The molecule has 24 heavy (non-hydrogen) atoms. The fourth-order valence-corrected chi connectivity index (χ4v) is 1.84. The third-order valence-corrected chi connectivity index (χ3v) is 2.94. The van der Waals surface area contributed by atoms with Crippen molar-refractivity contribution in [1.29, 1.82) is 0 Å². The van der Waals surface area contributed by atoms with Crippen LogP contribution in [-0.4, -0.2) is 28.5 Å². The molecule has 2 aromatic carbocycles. The molecule has 0 spiro atoms. The van der Waals surface area contributed by atoms with Gasteiger partial charge < -0.3 is 20.9 Å². The molecule has 0 aliphatic heterocycles. The van der Waals surface area contributed by atoms with Crippen molar-refractivity contribution in [3.63, 3.8) is 0 Å². The summed E-state index contributed by atoms with van der Waals surface area (Å²) in [6.45, 7) is -0.710. The number of carboxylic acid groups (broad SMARTS) is 1. The Morgan fingerprint density at radius 3 is 2.46 bits per heavy atom. The highest BCUT2D eigenvalue weighted by atomic mass is 16.6. The molecule has 9 heteroatoms. The monoisotopic (exact) mass is 331 g/mol. The van der Waals surface area contributed by atoms with Crippen molar-refractivity contribution in [2.75, 3.05) is 17.7 Å². The van der Waals surface area contributed by atoms with Crippen LogP contribution in [0.15, 0.2) is 42.5 Å². The molecule has 4 N–H and O–H groups in total. The number of carboxylic acids is 1. The van der Waals surface area contributed by atoms with Crippen LogP contribution in [0.25, 0.3) is 0 Å². The number of amides is 1. The Labute approximate surface area is 135 Å². The molecule has 0 atom stereocenters. The van der Waals surface area contributed by atoms with Gasteiger partial charge in [0, 0.05) is 23.0 Å². The van der Waals surface area contributed by atoms with Gasteiger partial charge in [-0.3, -0.25) is 14.9 Å². The van der Waals surface area contributed by atoms with Gasteiger partial charge in [-0.2, -0.15) is 0 Å². The van der Waals surface area contributed by atoms with Gasteiger partial charge in [0.25, 0.3) is 5.91 Å². The fourth-order valence-electron chi connectivity index (χ4n) is 1.84. The van der Waals surface area contributed by atoms with Crippen LogP contribution in [0, 0.1) is 10.1 Å². The van der Waals surface area contributed by atoms with E-state index in [1.165, 1.54) is 24.3 Å². The van der Waals surface area contributed by atoms with E-state index in [0.717, 1.165) is 6.07 Å². The number of nitrogens with one attached hydrogen (secondary N) is 1. The first-order chi connectivity index (χ1) is 11.4. The molecule has 2 rings (SSSR count). The van der Waals surface area contributed by atoms with E-state index in [4.69, 9.17) is 15.6 Å². The summed E-state index contributed by atoms with van der Waals surface area (Å²) in [6, 6.07) is 9.83. The van der Waals surface area contributed by atoms with Gasteiger partial charge in [0.15, 0.2) is 12.4 Å². The summed E-state index contributed by atoms with van der Waals surface area (Å²) in [6.07, 6.45) is 0. The van der Waals surface area contributed by atoms with Crippen LogP contribution in [0.1, 0.15) is 10.4 Å². The van der Waals surface area contributed by atoms with Crippen LogP contribution in [-0.2, 0) is 4.79 Å². The lowest BCUT2D eigenvalue weighted by Gasteiger charge is -2.08. The number of anilines is 2. The third-order valence-electron chi connectivity index (χ3n) is 2.94. The van der Waals surface area contributed by atoms with E-state index >= 15 is 0 Å². The maximum Gasteiger partial charge on any atom is 0.341 e. The molecule has 0 saturated carbocycles. The van der Waals surface area contributed by atoms with E-state index in [9.17, 15) is 19.7 Å². The van der Waals surface area contributed by atoms with Crippen LogP contribution in [0.2, 0.25) is 0 Å². The van der Waals surface area contributed by atoms with Gasteiger partial charge in [0.05, 0.1) is 4.92 Å². The minimum Gasteiger partial charge on any atom is -0.479 e. The minimum atomic E-state index is -1.26. The number of nitrogen functional groups attached to an aromatic ring is 1. The van der Waals surface area contributed by atoms with E-state index in [1.807, 2.05) is 0 Å². The summed E-state index contributed by atoms with van der Waals surface area (Å²) in [5, 5.41) is 22.1. The average Bonchev–Trinajstić information content (AvgIpc) is 2.53. The number of nitro groups is 1. The molecule has 9 nitrogen and oxygen atoms in total. The standard InChI is InChI=1S/C15H13N3O6/c16-10-3-1-9(2-4-10)15(21)17-11-5-6-13(24-8-14(19)20)12(7-11)18(22)23/h1-7H,8,16H2,(H,17,21)(H,19,20). The second kappa shape index (κ2) is 7.09. The van der Waals surface area contributed by atoms with E-state index in [1.54, 1.807) is 12.1 Å². The van der Waals surface area contributed by atoms with E-state index in [2.05, 4.69) is 5.32 Å². The molecule has 0 bridgehead atoms. The molecule has 2 aromatic rings. The Hall–Kier alpha value is -3.62. The Bertz CT molecular complexity index is 788. The number of hydrogen-bond donors (Lipinski definition) is 3. The Morgan fingerprint density at radius 2 is 1.88 bits per heavy atom. The Kier molecular flexibility index (Phi) is 4.95. The molecule has 0 saturated heterocycles. The quantitative estimate of drug-likeness (QED) is 0.416. The van der Waals surface area contributed by atoms with Gasteiger partial charge in [-0.25, -0.2) is 4.79 Å². The third kappa shape index (κ3) is 4.19. The number of aliphatic carboxylic acids is 1. The van der Waals surface area contributed by atoms with Crippen LogP contribution in [0.5, 0.6) is 5.75 Å². The van der Waals surface area contributed by atoms with Gasteiger partial charge >= 0.3 is 11.7 Å². The molecule has 0 aromatic heterocycles. The Balaban J connectivity index is 2.20.